The Labute approximate surface area is 82.8 Å². The average molecular weight is 175 g/mol. The minimum absolute atomic E-state index is 1.10. The zero-order valence-electron chi connectivity index (χ0n) is 7.54. The van der Waals surface area contributed by atoms with Gasteiger partial charge in [0.1, 0.15) is 0 Å². The van der Waals surface area contributed by atoms with Crippen molar-refractivity contribution in [2.24, 2.45) is 0 Å². The lowest BCUT2D eigenvalue weighted by atomic mass is 10.0. The molecule has 0 nitrogen and oxygen atoms in total. The molecular weight excluding hydrogens is 168 g/mol. The first-order valence-corrected chi connectivity index (χ1v) is 4.56. The molecule has 14 heavy (non-hydrogen) atoms. The zero-order valence-corrected chi connectivity index (χ0v) is 7.54. The van der Waals surface area contributed by atoms with Gasteiger partial charge >= 0.3 is 0 Å². The number of fused-ring (bicyclic) bond motifs is 2. The van der Waals surface area contributed by atoms with Crippen molar-refractivity contribution < 1.29 is 0 Å². The second-order valence-corrected chi connectivity index (χ2v) is 3.33. The maximum atomic E-state index is 3.06. The molecule has 0 heterocycles. The Morgan fingerprint density at radius 3 is 2.50 bits per heavy atom. The van der Waals surface area contributed by atoms with Gasteiger partial charge in [0, 0.05) is 0 Å². The molecule has 0 aliphatic rings. The third kappa shape index (κ3) is 1.08. The number of hydrogen-bond acceptors (Lipinski definition) is 0. The van der Waals surface area contributed by atoms with Crippen molar-refractivity contribution in [2.45, 2.75) is 0 Å². The number of hydrogen-bond donors (Lipinski definition) is 0. The topological polar surface area (TPSA) is 0 Å². The van der Waals surface area contributed by atoms with Gasteiger partial charge in [-0.25, -0.2) is 0 Å². The van der Waals surface area contributed by atoms with E-state index in [4.69, 9.17) is 0 Å². The van der Waals surface area contributed by atoms with Crippen molar-refractivity contribution in [1.82, 2.24) is 0 Å². The first kappa shape index (κ1) is 7.57. The van der Waals surface area contributed by atoms with E-state index in [2.05, 4.69) is 48.5 Å². The summed E-state index contributed by atoms with van der Waals surface area (Å²) in [6.45, 7) is 0. The van der Waals surface area contributed by atoms with E-state index < -0.39 is 0 Å². The van der Waals surface area contributed by atoms with Crippen LogP contribution >= 0.6 is 0 Å². The van der Waals surface area contributed by atoms with Crippen LogP contribution < -0.4 is 0 Å². The SMILES string of the molecule is [c]1[c]cc2cc3ccccc3cc2[c]1. The van der Waals surface area contributed by atoms with Crippen molar-refractivity contribution >= 4 is 21.5 Å². The van der Waals surface area contributed by atoms with Crippen LogP contribution in [0.1, 0.15) is 0 Å². The Morgan fingerprint density at radius 1 is 0.857 bits per heavy atom. The quantitative estimate of drug-likeness (QED) is 0.459. The molecule has 0 spiro atoms. The largest absolute Gasteiger partial charge is 0.0616 e. The molecule has 0 atom stereocenters. The highest BCUT2D eigenvalue weighted by Crippen LogP contribution is 2.21. The maximum absolute atomic E-state index is 3.06. The predicted octanol–water partition coefficient (Wildman–Crippen LogP) is 3.39. The van der Waals surface area contributed by atoms with E-state index in [9.17, 15) is 0 Å². The molecule has 0 saturated carbocycles. The third-order valence-electron chi connectivity index (χ3n) is 2.41. The van der Waals surface area contributed by atoms with Gasteiger partial charge in [0.05, 0.1) is 0 Å². The maximum Gasteiger partial charge on any atom is -0.000695 e. The van der Waals surface area contributed by atoms with Crippen LogP contribution in [-0.4, -0.2) is 0 Å². The summed E-state index contributed by atoms with van der Waals surface area (Å²) in [6.07, 6.45) is 0. The lowest BCUT2D eigenvalue weighted by molar-refractivity contribution is 1.73. The van der Waals surface area contributed by atoms with Crippen LogP contribution in [0.25, 0.3) is 21.5 Å². The molecule has 3 radical (unpaired) electrons. The van der Waals surface area contributed by atoms with Crippen LogP contribution in [0.5, 0.6) is 0 Å². The van der Waals surface area contributed by atoms with Crippen LogP contribution in [0.15, 0.2) is 42.5 Å². The van der Waals surface area contributed by atoms with E-state index in [1.807, 2.05) is 12.1 Å². The van der Waals surface area contributed by atoms with Gasteiger partial charge < -0.3 is 0 Å². The molecule has 0 aliphatic heterocycles. The van der Waals surface area contributed by atoms with E-state index in [0.29, 0.717) is 0 Å². The van der Waals surface area contributed by atoms with E-state index in [1.165, 1.54) is 16.2 Å². The van der Waals surface area contributed by atoms with Gasteiger partial charge in [-0.3, -0.25) is 0 Å². The lowest BCUT2D eigenvalue weighted by Crippen LogP contribution is -1.75. The highest BCUT2D eigenvalue weighted by atomic mass is 14.0. The summed E-state index contributed by atoms with van der Waals surface area (Å²) >= 11 is 0. The van der Waals surface area contributed by atoms with E-state index in [-0.39, 0.29) is 0 Å². The fraction of sp³-hybridized carbons (Fsp3) is 0. The second-order valence-electron chi connectivity index (χ2n) is 3.33. The Kier molecular flexibility index (Phi) is 1.54. The predicted molar refractivity (Wildman–Crippen MR) is 58.0 cm³/mol. The normalized spacial score (nSPS) is 10.9. The molecule has 0 bridgehead atoms. The third-order valence-corrected chi connectivity index (χ3v) is 2.41. The molecule has 0 fully saturated rings. The molecule has 3 rings (SSSR count). The molecule has 0 aliphatic carbocycles. The minimum Gasteiger partial charge on any atom is -0.0616 e. The zero-order chi connectivity index (χ0) is 9.38. The summed E-state index contributed by atoms with van der Waals surface area (Å²) in [7, 11) is 0. The van der Waals surface area contributed by atoms with E-state index in [0.717, 1.165) is 5.39 Å². The van der Waals surface area contributed by atoms with Crippen LogP contribution in [0.2, 0.25) is 0 Å². The van der Waals surface area contributed by atoms with Crippen LogP contribution in [0, 0.1) is 18.2 Å². The smallest absolute Gasteiger partial charge is 0.000695 e. The molecule has 0 N–H and O–H groups in total. The standard InChI is InChI=1S/C14H7/c1-2-6-12-10-14-8-4-3-7-13(14)9-11(12)5-1/h1-2,5-7,9-10H. The summed E-state index contributed by atoms with van der Waals surface area (Å²) in [6, 6.07) is 23.4. The lowest BCUT2D eigenvalue weighted by Gasteiger charge is -2.00. The molecule has 0 aromatic heterocycles. The van der Waals surface area contributed by atoms with Crippen molar-refractivity contribution in [3.05, 3.63) is 60.7 Å². The van der Waals surface area contributed by atoms with Crippen molar-refractivity contribution in [2.75, 3.05) is 0 Å². The summed E-state index contributed by atoms with van der Waals surface area (Å²) in [5.74, 6) is 0. The van der Waals surface area contributed by atoms with Gasteiger partial charge in [-0.05, 0) is 57.9 Å². The summed E-state index contributed by atoms with van der Waals surface area (Å²) < 4.78 is 0. The second kappa shape index (κ2) is 2.85. The minimum atomic E-state index is 1.10. The molecular formula is C14H7. The fourth-order valence-corrected chi connectivity index (χ4v) is 1.70. The van der Waals surface area contributed by atoms with Gasteiger partial charge in [-0.2, -0.15) is 0 Å². The monoisotopic (exact) mass is 175 g/mol. The highest BCUT2D eigenvalue weighted by molar-refractivity contribution is 5.97. The van der Waals surface area contributed by atoms with Gasteiger partial charge in [0.2, 0.25) is 0 Å². The molecule has 0 saturated heterocycles. The highest BCUT2D eigenvalue weighted by Gasteiger charge is 1.95. The molecule has 63 valence electrons. The molecule has 0 heteroatoms. The van der Waals surface area contributed by atoms with Gasteiger partial charge in [0.15, 0.2) is 0 Å². The Morgan fingerprint density at radius 2 is 1.64 bits per heavy atom. The molecule has 3 aromatic carbocycles. The fourth-order valence-electron chi connectivity index (χ4n) is 1.70. The summed E-state index contributed by atoms with van der Waals surface area (Å²) in [5, 5.41) is 4.77. The van der Waals surface area contributed by atoms with Gasteiger partial charge in [0.25, 0.3) is 0 Å². The van der Waals surface area contributed by atoms with E-state index >= 15 is 0 Å². The molecule has 3 aromatic rings. The summed E-state index contributed by atoms with van der Waals surface area (Å²) in [4.78, 5) is 0. The number of benzene rings is 3. The average Bonchev–Trinajstić information content (AvgIpc) is 2.26. The van der Waals surface area contributed by atoms with Crippen molar-refractivity contribution in [3.63, 3.8) is 0 Å². The first-order valence-electron chi connectivity index (χ1n) is 4.56. The molecule has 0 amide bonds. The van der Waals surface area contributed by atoms with Crippen LogP contribution in [0.4, 0.5) is 0 Å². The van der Waals surface area contributed by atoms with Gasteiger partial charge in [-0.1, -0.05) is 24.3 Å². The van der Waals surface area contributed by atoms with Crippen molar-refractivity contribution in [3.8, 4) is 0 Å². The Hall–Kier alpha value is -1.82. The van der Waals surface area contributed by atoms with E-state index in [1.54, 1.807) is 0 Å². The number of rotatable bonds is 0. The van der Waals surface area contributed by atoms with Crippen molar-refractivity contribution in [1.29, 1.82) is 0 Å². The first-order chi connectivity index (χ1) is 6.93. The Balaban J connectivity index is 2.52. The van der Waals surface area contributed by atoms with Gasteiger partial charge in [-0.15, -0.1) is 0 Å². The Bertz CT molecular complexity index is 489. The summed E-state index contributed by atoms with van der Waals surface area (Å²) in [5.41, 5.74) is 0. The van der Waals surface area contributed by atoms with Crippen LogP contribution in [0.3, 0.4) is 0 Å². The van der Waals surface area contributed by atoms with Crippen LogP contribution in [-0.2, 0) is 0 Å². The molecule has 0 unspecified atom stereocenters.